The van der Waals surface area contributed by atoms with Crippen LogP contribution in [0.5, 0.6) is 5.75 Å². The minimum absolute atomic E-state index is 0.0830. The van der Waals surface area contributed by atoms with Gasteiger partial charge >= 0.3 is 0 Å². The fraction of sp³-hybridized carbons (Fsp3) is 0.333. The van der Waals surface area contributed by atoms with Crippen molar-refractivity contribution in [2.45, 2.75) is 38.8 Å². The maximum absolute atomic E-state index is 13.7. The molecule has 0 aliphatic carbocycles. The molecule has 0 bridgehead atoms. The molecule has 0 radical (unpaired) electrons. The lowest BCUT2D eigenvalue weighted by molar-refractivity contribution is -0.141. The number of ether oxygens (including phenoxy) is 1. The summed E-state index contributed by atoms with van der Waals surface area (Å²) in [4.78, 5) is 28.5. The van der Waals surface area contributed by atoms with E-state index in [0.29, 0.717) is 24.4 Å². The van der Waals surface area contributed by atoms with Crippen LogP contribution in [0.1, 0.15) is 30.9 Å². The molecule has 0 spiro atoms. The molecular formula is C30H37N3O5S. The molecule has 3 aromatic carbocycles. The molecule has 2 amide bonds. The van der Waals surface area contributed by atoms with Gasteiger partial charge in [0.25, 0.3) is 0 Å². The third kappa shape index (κ3) is 8.85. The Morgan fingerprint density at radius 2 is 1.49 bits per heavy atom. The zero-order valence-electron chi connectivity index (χ0n) is 22.7. The van der Waals surface area contributed by atoms with Gasteiger partial charge in [0.15, 0.2) is 0 Å². The van der Waals surface area contributed by atoms with Gasteiger partial charge in [-0.3, -0.25) is 13.9 Å². The van der Waals surface area contributed by atoms with Crippen LogP contribution >= 0.6 is 0 Å². The Bertz CT molecular complexity index is 1300. The average Bonchev–Trinajstić information content (AvgIpc) is 2.93. The van der Waals surface area contributed by atoms with E-state index in [1.807, 2.05) is 67.6 Å². The average molecular weight is 552 g/mol. The Kier molecular flexibility index (Phi) is 10.9. The summed E-state index contributed by atoms with van der Waals surface area (Å²) in [5, 5.41) is 2.88. The number of carbonyl (C=O) groups excluding carboxylic acids is 2. The van der Waals surface area contributed by atoms with Crippen LogP contribution in [0.15, 0.2) is 84.9 Å². The van der Waals surface area contributed by atoms with Crippen molar-refractivity contribution in [2.75, 3.05) is 30.8 Å². The predicted molar refractivity (Wildman–Crippen MR) is 154 cm³/mol. The molecule has 208 valence electrons. The Morgan fingerprint density at radius 3 is 2.03 bits per heavy atom. The lowest BCUT2D eigenvalue weighted by atomic mass is 10.0. The van der Waals surface area contributed by atoms with Crippen molar-refractivity contribution >= 4 is 27.5 Å². The molecule has 0 aliphatic rings. The standard InChI is InChI=1S/C30H37N3O5S/c1-4-31-30(35)28(22-24-12-7-5-8-13-24)32(23-25-14-9-6-10-15-25)29(34)16-11-21-33(39(3,36)37)26-17-19-27(38-2)20-18-26/h5-10,12-15,17-20,28H,4,11,16,21-23H2,1-3H3,(H,31,35)/t28-/m0/s1. The molecule has 39 heavy (non-hydrogen) atoms. The molecule has 8 nitrogen and oxygen atoms in total. The van der Waals surface area contributed by atoms with Crippen LogP contribution in [-0.4, -0.2) is 57.6 Å². The third-order valence-corrected chi connectivity index (χ3v) is 7.52. The van der Waals surface area contributed by atoms with Crippen molar-refractivity contribution in [3.63, 3.8) is 0 Å². The maximum atomic E-state index is 13.7. The molecule has 1 N–H and O–H groups in total. The predicted octanol–water partition coefficient (Wildman–Crippen LogP) is 4.02. The third-order valence-electron chi connectivity index (χ3n) is 6.33. The van der Waals surface area contributed by atoms with Crippen LogP contribution in [0.2, 0.25) is 0 Å². The highest BCUT2D eigenvalue weighted by Gasteiger charge is 2.30. The second kappa shape index (κ2) is 14.3. The Labute approximate surface area is 231 Å². The first-order chi connectivity index (χ1) is 18.7. The number of sulfonamides is 1. The Balaban J connectivity index is 1.82. The summed E-state index contributed by atoms with van der Waals surface area (Å²) < 4.78 is 31.6. The van der Waals surface area contributed by atoms with Gasteiger partial charge in [0.05, 0.1) is 19.1 Å². The van der Waals surface area contributed by atoms with E-state index in [9.17, 15) is 18.0 Å². The maximum Gasteiger partial charge on any atom is 0.243 e. The van der Waals surface area contributed by atoms with Crippen molar-refractivity contribution in [2.24, 2.45) is 0 Å². The van der Waals surface area contributed by atoms with Gasteiger partial charge in [0.2, 0.25) is 21.8 Å². The van der Waals surface area contributed by atoms with Crippen molar-refractivity contribution < 1.29 is 22.7 Å². The second-order valence-electron chi connectivity index (χ2n) is 9.24. The van der Waals surface area contributed by atoms with E-state index in [0.717, 1.165) is 17.4 Å². The number of methoxy groups -OCH3 is 1. The number of hydrogen-bond acceptors (Lipinski definition) is 5. The molecule has 3 rings (SSSR count). The first-order valence-corrected chi connectivity index (χ1v) is 14.8. The molecule has 9 heteroatoms. The van der Waals surface area contributed by atoms with Crippen molar-refractivity contribution in [1.82, 2.24) is 10.2 Å². The van der Waals surface area contributed by atoms with Gasteiger partial charge in [-0.1, -0.05) is 60.7 Å². The number of nitrogens with one attached hydrogen (secondary N) is 1. The number of benzene rings is 3. The summed E-state index contributed by atoms with van der Waals surface area (Å²) >= 11 is 0. The Hall–Kier alpha value is -3.85. The molecule has 0 aromatic heterocycles. The lowest BCUT2D eigenvalue weighted by Crippen LogP contribution is -2.50. The van der Waals surface area contributed by atoms with Crippen LogP contribution in [0.3, 0.4) is 0 Å². The van der Waals surface area contributed by atoms with E-state index < -0.39 is 16.1 Å². The van der Waals surface area contributed by atoms with Crippen LogP contribution < -0.4 is 14.4 Å². The fourth-order valence-corrected chi connectivity index (χ4v) is 5.34. The first kappa shape index (κ1) is 29.7. The zero-order valence-corrected chi connectivity index (χ0v) is 23.6. The van der Waals surface area contributed by atoms with Crippen LogP contribution in [0.4, 0.5) is 5.69 Å². The highest BCUT2D eigenvalue weighted by Crippen LogP contribution is 2.23. The molecule has 0 saturated carbocycles. The van der Waals surface area contributed by atoms with E-state index in [1.54, 1.807) is 36.3 Å². The SMILES string of the molecule is CCNC(=O)[C@H](Cc1ccccc1)N(Cc1ccccc1)C(=O)CCCN(c1ccc(OC)cc1)S(C)(=O)=O. The minimum atomic E-state index is -3.58. The van der Waals surface area contributed by atoms with Gasteiger partial charge in [-0.15, -0.1) is 0 Å². The number of rotatable bonds is 14. The molecule has 0 heterocycles. The molecular weight excluding hydrogens is 514 g/mol. The lowest BCUT2D eigenvalue weighted by Gasteiger charge is -2.32. The number of hydrogen-bond donors (Lipinski definition) is 1. The molecule has 0 unspecified atom stereocenters. The smallest absolute Gasteiger partial charge is 0.243 e. The molecule has 0 fully saturated rings. The summed E-state index contributed by atoms with van der Waals surface area (Å²) in [7, 11) is -2.03. The molecule has 0 saturated heterocycles. The highest BCUT2D eigenvalue weighted by atomic mass is 32.2. The number of nitrogens with zero attached hydrogens (tertiary/aromatic N) is 2. The summed E-state index contributed by atoms with van der Waals surface area (Å²) in [5.41, 5.74) is 2.35. The number of likely N-dealkylation sites (N-methyl/N-ethyl adjacent to an activating group) is 1. The molecule has 0 aliphatic heterocycles. The van der Waals surface area contributed by atoms with E-state index in [2.05, 4.69) is 5.32 Å². The second-order valence-corrected chi connectivity index (χ2v) is 11.2. The Morgan fingerprint density at radius 1 is 0.897 bits per heavy atom. The first-order valence-electron chi connectivity index (χ1n) is 13.0. The normalized spacial score (nSPS) is 11.9. The highest BCUT2D eigenvalue weighted by molar-refractivity contribution is 7.92. The largest absolute Gasteiger partial charge is 0.497 e. The molecule has 3 aromatic rings. The minimum Gasteiger partial charge on any atom is -0.497 e. The van der Waals surface area contributed by atoms with Gasteiger partial charge in [0.1, 0.15) is 11.8 Å². The van der Waals surface area contributed by atoms with Crippen molar-refractivity contribution in [3.05, 3.63) is 96.1 Å². The van der Waals surface area contributed by atoms with E-state index in [4.69, 9.17) is 4.74 Å². The topological polar surface area (TPSA) is 96.0 Å². The number of anilines is 1. The quantitative estimate of drug-likeness (QED) is 0.327. The van der Waals surface area contributed by atoms with Crippen LogP contribution in [0.25, 0.3) is 0 Å². The monoisotopic (exact) mass is 551 g/mol. The fourth-order valence-electron chi connectivity index (χ4n) is 4.38. The van der Waals surface area contributed by atoms with Crippen LogP contribution in [0, 0.1) is 0 Å². The van der Waals surface area contributed by atoms with E-state index in [1.165, 1.54) is 4.31 Å². The van der Waals surface area contributed by atoms with E-state index in [-0.39, 0.29) is 37.7 Å². The zero-order chi connectivity index (χ0) is 28.3. The van der Waals surface area contributed by atoms with Gasteiger partial charge in [-0.2, -0.15) is 0 Å². The van der Waals surface area contributed by atoms with Gasteiger partial charge in [-0.05, 0) is 48.7 Å². The van der Waals surface area contributed by atoms with Crippen LogP contribution in [-0.2, 0) is 32.6 Å². The van der Waals surface area contributed by atoms with Crippen molar-refractivity contribution in [3.8, 4) is 5.75 Å². The summed E-state index contributed by atoms with van der Waals surface area (Å²) in [6.45, 7) is 2.69. The summed E-state index contributed by atoms with van der Waals surface area (Å²) in [5.74, 6) is 0.185. The number of amides is 2. The van der Waals surface area contributed by atoms with Crippen molar-refractivity contribution in [1.29, 1.82) is 0 Å². The van der Waals surface area contributed by atoms with Gasteiger partial charge in [-0.25, -0.2) is 8.42 Å². The van der Waals surface area contributed by atoms with E-state index >= 15 is 0 Å². The van der Waals surface area contributed by atoms with Gasteiger partial charge in [0, 0.05) is 32.5 Å². The summed E-state index contributed by atoms with van der Waals surface area (Å²) in [6, 6.07) is 25.2. The van der Waals surface area contributed by atoms with Gasteiger partial charge < -0.3 is 15.0 Å². The number of carbonyl (C=O) groups is 2. The summed E-state index contributed by atoms with van der Waals surface area (Å²) in [6.07, 6.45) is 1.88. The molecule has 1 atom stereocenters.